The van der Waals surface area contributed by atoms with Gasteiger partial charge in [0.1, 0.15) is 0 Å². The molecule has 2 aromatic carbocycles. The van der Waals surface area contributed by atoms with Crippen molar-refractivity contribution in [1.82, 2.24) is 30.1 Å². The fourth-order valence-corrected chi connectivity index (χ4v) is 4.83. The second kappa shape index (κ2) is 9.31. The van der Waals surface area contributed by atoms with Crippen LogP contribution in [0.25, 0.3) is 10.9 Å². The van der Waals surface area contributed by atoms with Gasteiger partial charge in [-0.25, -0.2) is 4.68 Å². The van der Waals surface area contributed by atoms with Crippen LogP contribution in [0.1, 0.15) is 44.6 Å². The van der Waals surface area contributed by atoms with Crippen LogP contribution in [0.2, 0.25) is 5.02 Å². The number of nitrogens with zero attached hydrogens (tertiary/aromatic N) is 7. The molecule has 0 bridgehead atoms. The third kappa shape index (κ3) is 4.38. The predicted octanol–water partition coefficient (Wildman–Crippen LogP) is 4.93. The van der Waals surface area contributed by atoms with Crippen LogP contribution in [0.3, 0.4) is 0 Å². The number of tetrazole rings is 1. The lowest BCUT2D eigenvalue weighted by molar-refractivity contribution is 0.187. The number of benzene rings is 2. The van der Waals surface area contributed by atoms with Gasteiger partial charge in [-0.3, -0.25) is 9.88 Å². The van der Waals surface area contributed by atoms with Crippen molar-refractivity contribution in [2.24, 2.45) is 0 Å². The molecule has 2 aromatic heterocycles. The highest BCUT2D eigenvalue weighted by molar-refractivity contribution is 6.30. The molecule has 0 N–H and O–H groups in total. The monoisotopic (exact) mass is 475 g/mol. The highest BCUT2D eigenvalue weighted by Gasteiger charge is 2.34. The number of anilines is 1. The van der Waals surface area contributed by atoms with Gasteiger partial charge in [0, 0.05) is 48.5 Å². The highest BCUT2D eigenvalue weighted by atomic mass is 35.5. The minimum Gasteiger partial charge on any atom is -0.369 e. The van der Waals surface area contributed by atoms with E-state index in [1.165, 1.54) is 5.56 Å². The number of hydrogen-bond acceptors (Lipinski definition) is 6. The Morgan fingerprint density at radius 2 is 1.82 bits per heavy atom. The van der Waals surface area contributed by atoms with E-state index in [0.29, 0.717) is 0 Å². The number of halogens is 1. The number of pyridine rings is 1. The van der Waals surface area contributed by atoms with Crippen LogP contribution in [0.5, 0.6) is 0 Å². The molecule has 1 aliphatic heterocycles. The summed E-state index contributed by atoms with van der Waals surface area (Å²) in [4.78, 5) is 9.39. The molecular formula is C26H30ClN7. The Labute approximate surface area is 205 Å². The average Bonchev–Trinajstić information content (AvgIpc) is 3.35. The maximum Gasteiger partial charge on any atom is 0.173 e. The summed E-state index contributed by atoms with van der Waals surface area (Å²) in [6, 6.07) is 18.6. The Hall–Kier alpha value is -3.03. The Kier molecular flexibility index (Phi) is 6.23. The Morgan fingerprint density at radius 3 is 2.59 bits per heavy atom. The first-order chi connectivity index (χ1) is 16.5. The van der Waals surface area contributed by atoms with E-state index in [2.05, 4.69) is 81.4 Å². The Balaban J connectivity index is 1.51. The standard InChI is InChI=1S/C26H30ClN7/c1-4-26(2,3)34-25(29-30-31-34)24(20-10-11-23-19(17-20)7-6-12-28-23)33-15-13-32(14-16-33)22-9-5-8-21(27)18-22/h5-12,17-18,24H,4,13-16H2,1-3H3/t24-/m1/s1. The van der Waals surface area contributed by atoms with E-state index in [4.69, 9.17) is 11.6 Å². The zero-order valence-corrected chi connectivity index (χ0v) is 20.7. The predicted molar refractivity (Wildman–Crippen MR) is 136 cm³/mol. The van der Waals surface area contributed by atoms with E-state index in [0.717, 1.165) is 60.0 Å². The minimum atomic E-state index is -0.182. The van der Waals surface area contributed by atoms with Crippen molar-refractivity contribution in [3.05, 3.63) is 77.2 Å². The van der Waals surface area contributed by atoms with E-state index < -0.39 is 0 Å². The summed E-state index contributed by atoms with van der Waals surface area (Å²) in [6.45, 7) is 10.1. The molecule has 1 aliphatic rings. The van der Waals surface area contributed by atoms with Gasteiger partial charge >= 0.3 is 0 Å². The van der Waals surface area contributed by atoms with Gasteiger partial charge in [-0.05, 0) is 72.7 Å². The van der Waals surface area contributed by atoms with E-state index >= 15 is 0 Å². The molecule has 0 saturated carbocycles. The van der Waals surface area contributed by atoms with Crippen LogP contribution in [-0.4, -0.2) is 56.3 Å². The molecule has 176 valence electrons. The SMILES string of the molecule is CCC(C)(C)n1nnnc1[C@@H](c1ccc2ncccc2c1)N1CCN(c2cccc(Cl)c2)CC1. The fraction of sp³-hybridized carbons (Fsp3) is 0.385. The third-order valence-corrected chi connectivity index (χ3v) is 7.21. The maximum atomic E-state index is 6.25. The zero-order chi connectivity index (χ0) is 23.7. The van der Waals surface area contributed by atoms with Crippen molar-refractivity contribution in [2.75, 3.05) is 31.1 Å². The van der Waals surface area contributed by atoms with Gasteiger partial charge in [0.05, 0.1) is 17.1 Å². The highest BCUT2D eigenvalue weighted by Crippen LogP contribution is 2.33. The molecule has 0 unspecified atom stereocenters. The molecule has 1 atom stereocenters. The van der Waals surface area contributed by atoms with Crippen molar-refractivity contribution in [1.29, 1.82) is 0 Å². The third-order valence-electron chi connectivity index (χ3n) is 6.97. The molecule has 34 heavy (non-hydrogen) atoms. The van der Waals surface area contributed by atoms with E-state index in [-0.39, 0.29) is 11.6 Å². The number of rotatable bonds is 6. The summed E-state index contributed by atoms with van der Waals surface area (Å²) in [5, 5.41) is 15.0. The van der Waals surface area contributed by atoms with Crippen LogP contribution >= 0.6 is 11.6 Å². The molecule has 8 heteroatoms. The van der Waals surface area contributed by atoms with Crippen molar-refractivity contribution in [3.8, 4) is 0 Å². The second-order valence-corrected chi connectivity index (χ2v) is 9.91. The molecule has 3 heterocycles. The minimum absolute atomic E-state index is 0.0491. The average molecular weight is 476 g/mol. The molecule has 0 radical (unpaired) electrons. The molecule has 5 rings (SSSR count). The second-order valence-electron chi connectivity index (χ2n) is 9.48. The van der Waals surface area contributed by atoms with Gasteiger partial charge in [-0.2, -0.15) is 0 Å². The maximum absolute atomic E-state index is 6.25. The number of hydrogen-bond donors (Lipinski definition) is 0. The first-order valence-electron chi connectivity index (χ1n) is 11.8. The lowest BCUT2D eigenvalue weighted by Gasteiger charge is -2.40. The van der Waals surface area contributed by atoms with E-state index in [1.54, 1.807) is 0 Å². The van der Waals surface area contributed by atoms with Gasteiger partial charge in [0.2, 0.25) is 0 Å². The normalized spacial score (nSPS) is 16.2. The summed E-state index contributed by atoms with van der Waals surface area (Å²) < 4.78 is 2.01. The van der Waals surface area contributed by atoms with Gasteiger partial charge in [-0.1, -0.05) is 36.7 Å². The molecule has 0 spiro atoms. The van der Waals surface area contributed by atoms with Gasteiger partial charge in [0.25, 0.3) is 0 Å². The van der Waals surface area contributed by atoms with Crippen molar-refractivity contribution < 1.29 is 0 Å². The van der Waals surface area contributed by atoms with Crippen LogP contribution in [0.4, 0.5) is 5.69 Å². The molecule has 1 saturated heterocycles. The van der Waals surface area contributed by atoms with Crippen LogP contribution < -0.4 is 4.90 Å². The van der Waals surface area contributed by atoms with E-state index in [1.807, 2.05) is 35.1 Å². The summed E-state index contributed by atoms with van der Waals surface area (Å²) >= 11 is 6.25. The first kappa shape index (κ1) is 22.7. The quantitative estimate of drug-likeness (QED) is 0.394. The van der Waals surface area contributed by atoms with Crippen molar-refractivity contribution in [2.45, 2.75) is 38.8 Å². The Bertz CT molecular complexity index is 1280. The fourth-order valence-electron chi connectivity index (χ4n) is 4.64. The van der Waals surface area contributed by atoms with Crippen LogP contribution in [0, 0.1) is 0 Å². The number of piperazine rings is 1. The topological polar surface area (TPSA) is 63.0 Å². The number of aromatic nitrogens is 5. The molecule has 1 fully saturated rings. The van der Waals surface area contributed by atoms with Crippen molar-refractivity contribution >= 4 is 28.2 Å². The first-order valence-corrected chi connectivity index (χ1v) is 12.2. The Morgan fingerprint density at radius 1 is 1.00 bits per heavy atom. The summed E-state index contributed by atoms with van der Waals surface area (Å²) in [5.41, 5.74) is 3.15. The number of fused-ring (bicyclic) bond motifs is 1. The van der Waals surface area contributed by atoms with Gasteiger partial charge < -0.3 is 4.90 Å². The zero-order valence-electron chi connectivity index (χ0n) is 19.9. The molecule has 0 aliphatic carbocycles. The van der Waals surface area contributed by atoms with Crippen LogP contribution in [-0.2, 0) is 5.54 Å². The van der Waals surface area contributed by atoms with Crippen LogP contribution in [0.15, 0.2) is 60.8 Å². The van der Waals surface area contributed by atoms with Gasteiger partial charge in [0.15, 0.2) is 5.82 Å². The summed E-state index contributed by atoms with van der Waals surface area (Å²) in [7, 11) is 0. The lowest BCUT2D eigenvalue weighted by Crippen LogP contribution is -2.48. The summed E-state index contributed by atoms with van der Waals surface area (Å²) in [5.74, 6) is 0.881. The van der Waals surface area contributed by atoms with Gasteiger partial charge in [-0.15, -0.1) is 5.10 Å². The van der Waals surface area contributed by atoms with E-state index in [9.17, 15) is 0 Å². The summed E-state index contributed by atoms with van der Waals surface area (Å²) in [6.07, 6.45) is 2.76. The molecular weight excluding hydrogens is 446 g/mol. The molecule has 4 aromatic rings. The molecule has 7 nitrogen and oxygen atoms in total. The smallest absolute Gasteiger partial charge is 0.173 e. The largest absolute Gasteiger partial charge is 0.369 e. The van der Waals surface area contributed by atoms with Crippen molar-refractivity contribution in [3.63, 3.8) is 0 Å². The molecule has 0 amide bonds. The lowest BCUT2D eigenvalue weighted by atomic mass is 9.98.